The quantitative estimate of drug-likeness (QED) is 0.636. The van der Waals surface area contributed by atoms with Gasteiger partial charge in [-0.05, 0) is 73.9 Å². The lowest BCUT2D eigenvalue weighted by molar-refractivity contribution is 0.107. The smallest absolute Gasteiger partial charge is 0.255 e. The number of rotatable bonds is 4. The molecule has 1 atom stereocenters. The third-order valence-electron chi connectivity index (χ3n) is 6.24. The Balaban J connectivity index is 1.53. The van der Waals surface area contributed by atoms with E-state index < -0.39 is 0 Å². The van der Waals surface area contributed by atoms with E-state index in [1.165, 1.54) is 12.1 Å². The number of halogens is 2. The summed E-state index contributed by atoms with van der Waals surface area (Å²) in [7, 11) is 0. The van der Waals surface area contributed by atoms with Crippen molar-refractivity contribution in [1.29, 1.82) is 0 Å². The lowest BCUT2D eigenvalue weighted by atomic mass is 9.65. The molecule has 1 fully saturated rings. The second-order valence-corrected chi connectivity index (χ2v) is 8.35. The van der Waals surface area contributed by atoms with Gasteiger partial charge in [0.1, 0.15) is 11.6 Å². The van der Waals surface area contributed by atoms with Gasteiger partial charge in [0.05, 0.1) is 11.1 Å². The molecule has 1 unspecified atom stereocenters. The molecule has 4 rings (SSSR count). The van der Waals surface area contributed by atoms with Gasteiger partial charge in [-0.2, -0.15) is 0 Å². The minimum absolute atomic E-state index is 0.0132. The summed E-state index contributed by atoms with van der Waals surface area (Å²) in [5, 5.41) is 1.76. The van der Waals surface area contributed by atoms with E-state index >= 15 is 0 Å². The summed E-state index contributed by atoms with van der Waals surface area (Å²) in [5.74, 6) is 0.347. The molecule has 1 aliphatic rings. The highest BCUT2D eigenvalue weighted by molar-refractivity contribution is 6.32. The van der Waals surface area contributed by atoms with Crippen molar-refractivity contribution < 1.29 is 9.13 Å². The van der Waals surface area contributed by atoms with E-state index in [2.05, 4.69) is 4.98 Å². The molecule has 1 aromatic heterocycles. The Morgan fingerprint density at radius 2 is 1.90 bits per heavy atom. The van der Waals surface area contributed by atoms with Gasteiger partial charge in [0.25, 0.3) is 5.56 Å². The van der Waals surface area contributed by atoms with Crippen molar-refractivity contribution in [1.82, 2.24) is 4.98 Å². The highest BCUT2D eigenvalue weighted by Gasteiger charge is 2.40. The van der Waals surface area contributed by atoms with Gasteiger partial charge < -0.3 is 15.5 Å². The predicted molar refractivity (Wildman–Crippen MR) is 114 cm³/mol. The average Bonchev–Trinajstić information content (AvgIpc) is 2.70. The summed E-state index contributed by atoms with van der Waals surface area (Å²) in [6, 6.07) is 11.9. The van der Waals surface area contributed by atoms with Crippen LogP contribution in [0.15, 0.2) is 53.5 Å². The number of nitrogens with one attached hydrogen (secondary N) is 1. The van der Waals surface area contributed by atoms with Gasteiger partial charge in [-0.15, -0.1) is 0 Å². The van der Waals surface area contributed by atoms with Gasteiger partial charge in [0.15, 0.2) is 0 Å². The summed E-state index contributed by atoms with van der Waals surface area (Å²) in [5.41, 5.74) is 7.10. The Bertz CT molecular complexity index is 1070. The fraction of sp³-hybridized carbons (Fsp3) is 0.348. The average molecular weight is 415 g/mol. The molecule has 0 spiro atoms. The first-order valence-electron chi connectivity index (χ1n) is 9.88. The zero-order valence-corrected chi connectivity index (χ0v) is 17.0. The van der Waals surface area contributed by atoms with Crippen LogP contribution in [0.4, 0.5) is 4.39 Å². The van der Waals surface area contributed by atoms with Gasteiger partial charge in [0.2, 0.25) is 0 Å². The summed E-state index contributed by atoms with van der Waals surface area (Å²) in [6.07, 6.45) is 4.98. The Hall–Kier alpha value is -2.37. The Labute approximate surface area is 173 Å². The van der Waals surface area contributed by atoms with Crippen molar-refractivity contribution in [3.63, 3.8) is 0 Å². The molecule has 6 heteroatoms. The molecule has 0 saturated heterocycles. The number of pyridine rings is 1. The molecule has 3 aromatic rings. The largest absolute Gasteiger partial charge is 0.489 e. The van der Waals surface area contributed by atoms with Crippen LogP contribution >= 0.6 is 11.6 Å². The summed E-state index contributed by atoms with van der Waals surface area (Å²) >= 11 is 6.38. The molecule has 1 heterocycles. The van der Waals surface area contributed by atoms with Crippen LogP contribution in [0.2, 0.25) is 5.02 Å². The standard InChI is InChI=1S/C23H24ClFN2O2/c1-14(26)23(16-2-4-17(25)5-3-16)9-6-18(7-10-23)29-21-12-15-8-11-27-22(28)19(15)13-20(21)24/h2-5,8,11-14,18H,6-7,9-10,26H2,1H3,(H,27,28). The normalized spacial score (nSPS) is 23.1. The summed E-state index contributed by atoms with van der Waals surface area (Å²) in [4.78, 5) is 14.6. The van der Waals surface area contributed by atoms with Gasteiger partial charge in [-0.3, -0.25) is 4.79 Å². The molecule has 3 N–H and O–H groups in total. The Kier molecular flexibility index (Phi) is 5.36. The van der Waals surface area contributed by atoms with Crippen molar-refractivity contribution in [2.75, 3.05) is 0 Å². The highest BCUT2D eigenvalue weighted by Crippen LogP contribution is 2.43. The van der Waals surface area contributed by atoms with Gasteiger partial charge in [0, 0.05) is 23.0 Å². The second-order valence-electron chi connectivity index (χ2n) is 7.95. The molecular weight excluding hydrogens is 391 g/mol. The Morgan fingerprint density at radius 1 is 1.21 bits per heavy atom. The number of benzene rings is 2. The lowest BCUT2D eigenvalue weighted by Crippen LogP contribution is -2.47. The first-order valence-corrected chi connectivity index (χ1v) is 10.3. The number of aromatic amines is 1. The van der Waals surface area contributed by atoms with Gasteiger partial charge in [-0.1, -0.05) is 23.7 Å². The molecule has 152 valence electrons. The van der Waals surface area contributed by atoms with Crippen molar-refractivity contribution in [2.24, 2.45) is 5.73 Å². The zero-order valence-electron chi connectivity index (χ0n) is 16.3. The van der Waals surface area contributed by atoms with E-state index in [9.17, 15) is 9.18 Å². The molecule has 4 nitrogen and oxygen atoms in total. The maximum atomic E-state index is 13.4. The van der Waals surface area contributed by atoms with Crippen LogP contribution < -0.4 is 16.0 Å². The van der Waals surface area contributed by atoms with Crippen LogP contribution in [0.5, 0.6) is 5.75 Å². The summed E-state index contributed by atoms with van der Waals surface area (Å²) in [6.45, 7) is 2.02. The highest BCUT2D eigenvalue weighted by atomic mass is 35.5. The minimum Gasteiger partial charge on any atom is -0.489 e. The van der Waals surface area contributed by atoms with Crippen LogP contribution in [0.1, 0.15) is 38.2 Å². The van der Waals surface area contributed by atoms with Crippen LogP contribution in [-0.2, 0) is 5.41 Å². The van der Waals surface area contributed by atoms with Crippen molar-refractivity contribution in [3.8, 4) is 5.75 Å². The van der Waals surface area contributed by atoms with Crippen LogP contribution in [0.3, 0.4) is 0 Å². The molecule has 29 heavy (non-hydrogen) atoms. The number of hydrogen-bond donors (Lipinski definition) is 2. The van der Waals surface area contributed by atoms with E-state index in [0.29, 0.717) is 16.2 Å². The van der Waals surface area contributed by atoms with E-state index in [1.54, 1.807) is 12.3 Å². The first kappa shape index (κ1) is 19.9. The van der Waals surface area contributed by atoms with E-state index in [1.807, 2.05) is 31.2 Å². The number of hydrogen-bond acceptors (Lipinski definition) is 3. The van der Waals surface area contributed by atoms with Crippen LogP contribution in [0, 0.1) is 5.82 Å². The molecule has 0 bridgehead atoms. The first-order chi connectivity index (χ1) is 13.9. The van der Waals surface area contributed by atoms with E-state index in [0.717, 1.165) is 36.6 Å². The maximum Gasteiger partial charge on any atom is 0.255 e. The van der Waals surface area contributed by atoms with Gasteiger partial charge >= 0.3 is 0 Å². The van der Waals surface area contributed by atoms with Crippen LogP contribution in [-0.4, -0.2) is 17.1 Å². The molecule has 1 saturated carbocycles. The Morgan fingerprint density at radius 3 is 2.55 bits per heavy atom. The monoisotopic (exact) mass is 414 g/mol. The van der Waals surface area contributed by atoms with E-state index in [-0.39, 0.29) is 28.9 Å². The maximum absolute atomic E-state index is 13.4. The topological polar surface area (TPSA) is 68.1 Å². The number of fused-ring (bicyclic) bond motifs is 1. The summed E-state index contributed by atoms with van der Waals surface area (Å²) < 4.78 is 19.6. The van der Waals surface area contributed by atoms with Crippen molar-refractivity contribution in [2.45, 2.75) is 50.2 Å². The number of H-pyrrole nitrogens is 1. The van der Waals surface area contributed by atoms with Gasteiger partial charge in [-0.25, -0.2) is 4.39 Å². The lowest BCUT2D eigenvalue weighted by Gasteiger charge is -2.43. The van der Waals surface area contributed by atoms with Crippen LogP contribution in [0.25, 0.3) is 10.8 Å². The third kappa shape index (κ3) is 3.77. The number of nitrogens with two attached hydrogens (primary N) is 1. The number of aromatic nitrogens is 1. The predicted octanol–water partition coefficient (Wildman–Crippen LogP) is 4.93. The molecular formula is C23H24ClFN2O2. The zero-order chi connectivity index (χ0) is 20.6. The minimum atomic E-state index is -0.240. The molecule has 2 aromatic carbocycles. The van der Waals surface area contributed by atoms with E-state index in [4.69, 9.17) is 22.1 Å². The fourth-order valence-corrected chi connectivity index (χ4v) is 4.68. The third-order valence-corrected chi connectivity index (χ3v) is 6.53. The molecule has 0 amide bonds. The van der Waals surface area contributed by atoms with Crippen molar-refractivity contribution in [3.05, 3.63) is 75.4 Å². The number of ether oxygens (including phenoxy) is 1. The molecule has 1 aliphatic carbocycles. The van der Waals surface area contributed by atoms with Crippen molar-refractivity contribution >= 4 is 22.4 Å². The second kappa shape index (κ2) is 7.81. The molecule has 0 aliphatic heterocycles. The molecule has 0 radical (unpaired) electrons. The SMILES string of the molecule is CC(N)C1(c2ccc(F)cc2)CCC(Oc2cc3cc[nH]c(=O)c3cc2Cl)CC1. The fourth-order valence-electron chi connectivity index (χ4n) is 4.47.